The number of benzene rings is 2. The Balaban J connectivity index is 1.51. The zero-order valence-electron chi connectivity index (χ0n) is 17.5. The number of fused-ring (bicyclic) bond motifs is 1. The first kappa shape index (κ1) is 21.8. The molecule has 2 heterocycles. The van der Waals surface area contributed by atoms with Gasteiger partial charge in [-0.3, -0.25) is 4.79 Å². The lowest BCUT2D eigenvalue weighted by molar-refractivity contribution is 0.0948. The van der Waals surface area contributed by atoms with Crippen molar-refractivity contribution in [3.63, 3.8) is 0 Å². The number of carbonyl (C=O) groups is 2. The first-order valence-electron chi connectivity index (χ1n) is 9.83. The first-order chi connectivity index (χ1) is 15.4. The van der Waals surface area contributed by atoms with Crippen molar-refractivity contribution in [3.05, 3.63) is 76.4 Å². The van der Waals surface area contributed by atoms with E-state index in [1.165, 1.54) is 22.2 Å². The molecule has 3 amide bonds. The SMILES string of the molecule is Cc1sc2ncnc(Sc3ccccc3C(=O)NCc3ccc(NC(N)=O)cc3)c2c1C. The van der Waals surface area contributed by atoms with Crippen LogP contribution in [0.1, 0.15) is 26.4 Å². The van der Waals surface area contributed by atoms with E-state index >= 15 is 0 Å². The number of hydrogen-bond acceptors (Lipinski definition) is 6. The number of amides is 3. The summed E-state index contributed by atoms with van der Waals surface area (Å²) < 4.78 is 0. The van der Waals surface area contributed by atoms with Crippen LogP contribution in [0.2, 0.25) is 0 Å². The van der Waals surface area contributed by atoms with E-state index in [0.717, 1.165) is 25.7 Å². The van der Waals surface area contributed by atoms with Gasteiger partial charge >= 0.3 is 6.03 Å². The molecule has 0 unspecified atom stereocenters. The van der Waals surface area contributed by atoms with Crippen molar-refractivity contribution in [1.82, 2.24) is 15.3 Å². The van der Waals surface area contributed by atoms with Gasteiger partial charge in [-0.05, 0) is 49.2 Å². The maximum absolute atomic E-state index is 12.9. The smallest absolute Gasteiger partial charge is 0.316 e. The van der Waals surface area contributed by atoms with Crippen LogP contribution in [0, 0.1) is 13.8 Å². The minimum atomic E-state index is -0.617. The van der Waals surface area contributed by atoms with Crippen molar-refractivity contribution < 1.29 is 9.59 Å². The van der Waals surface area contributed by atoms with Crippen molar-refractivity contribution in [3.8, 4) is 0 Å². The number of urea groups is 1. The van der Waals surface area contributed by atoms with E-state index in [0.29, 0.717) is 17.8 Å². The van der Waals surface area contributed by atoms with E-state index in [4.69, 9.17) is 5.73 Å². The Hall–Kier alpha value is -3.43. The summed E-state index contributed by atoms with van der Waals surface area (Å²) in [5, 5.41) is 7.35. The molecule has 2 aromatic heterocycles. The van der Waals surface area contributed by atoms with Gasteiger partial charge in [-0.25, -0.2) is 14.8 Å². The molecule has 2 aromatic carbocycles. The Morgan fingerprint density at radius 3 is 2.56 bits per heavy atom. The van der Waals surface area contributed by atoms with E-state index < -0.39 is 6.03 Å². The lowest BCUT2D eigenvalue weighted by Crippen LogP contribution is -2.23. The molecule has 0 saturated heterocycles. The monoisotopic (exact) mass is 463 g/mol. The molecule has 0 aliphatic carbocycles. The summed E-state index contributed by atoms with van der Waals surface area (Å²) in [6, 6.07) is 14.0. The largest absolute Gasteiger partial charge is 0.351 e. The molecule has 0 atom stereocenters. The molecule has 0 bridgehead atoms. The van der Waals surface area contributed by atoms with Gasteiger partial charge in [-0.15, -0.1) is 11.3 Å². The van der Waals surface area contributed by atoms with E-state index in [-0.39, 0.29) is 5.91 Å². The topological polar surface area (TPSA) is 110 Å². The van der Waals surface area contributed by atoms with Crippen LogP contribution in [-0.2, 0) is 6.54 Å². The predicted molar refractivity (Wildman–Crippen MR) is 128 cm³/mol. The summed E-state index contributed by atoms with van der Waals surface area (Å²) in [5.74, 6) is -0.170. The molecular formula is C23H21N5O2S2. The van der Waals surface area contributed by atoms with Crippen molar-refractivity contribution in [2.45, 2.75) is 30.3 Å². The van der Waals surface area contributed by atoms with Crippen LogP contribution in [0.25, 0.3) is 10.2 Å². The number of aryl methyl sites for hydroxylation is 2. The van der Waals surface area contributed by atoms with Gasteiger partial charge in [0.25, 0.3) is 5.91 Å². The number of rotatable bonds is 6. The highest BCUT2D eigenvalue weighted by Gasteiger charge is 2.17. The normalized spacial score (nSPS) is 10.8. The molecule has 4 N–H and O–H groups in total. The molecule has 0 fully saturated rings. The predicted octanol–water partition coefficient (Wildman–Crippen LogP) is 4.88. The third kappa shape index (κ3) is 4.74. The number of hydrogen-bond donors (Lipinski definition) is 3. The third-order valence-electron chi connectivity index (χ3n) is 4.94. The lowest BCUT2D eigenvalue weighted by atomic mass is 10.2. The van der Waals surface area contributed by atoms with Crippen LogP contribution in [0.4, 0.5) is 10.5 Å². The van der Waals surface area contributed by atoms with Gasteiger partial charge in [0, 0.05) is 27.4 Å². The second-order valence-corrected chi connectivity index (χ2v) is 9.34. The van der Waals surface area contributed by atoms with Gasteiger partial charge in [0.2, 0.25) is 0 Å². The molecular weight excluding hydrogens is 442 g/mol. The van der Waals surface area contributed by atoms with E-state index in [2.05, 4.69) is 34.4 Å². The van der Waals surface area contributed by atoms with Crippen molar-refractivity contribution in [2.24, 2.45) is 5.73 Å². The number of anilines is 1. The molecule has 4 aromatic rings. The minimum Gasteiger partial charge on any atom is -0.351 e. The summed E-state index contributed by atoms with van der Waals surface area (Å²) >= 11 is 3.12. The second-order valence-electron chi connectivity index (χ2n) is 7.11. The van der Waals surface area contributed by atoms with Crippen molar-refractivity contribution in [2.75, 3.05) is 5.32 Å². The molecule has 0 spiro atoms. The third-order valence-corrected chi connectivity index (χ3v) is 7.14. The Morgan fingerprint density at radius 2 is 1.81 bits per heavy atom. The summed E-state index contributed by atoms with van der Waals surface area (Å²) in [5.41, 5.74) is 8.38. The lowest BCUT2D eigenvalue weighted by Gasteiger charge is -2.11. The van der Waals surface area contributed by atoms with E-state index in [1.54, 1.807) is 29.8 Å². The fourth-order valence-corrected chi connectivity index (χ4v) is 5.34. The molecule has 0 saturated carbocycles. The highest BCUT2D eigenvalue weighted by molar-refractivity contribution is 7.99. The molecule has 0 aliphatic heterocycles. The average molecular weight is 464 g/mol. The summed E-state index contributed by atoms with van der Waals surface area (Å²) in [7, 11) is 0. The van der Waals surface area contributed by atoms with Gasteiger partial charge in [-0.2, -0.15) is 0 Å². The fraction of sp³-hybridized carbons (Fsp3) is 0.130. The van der Waals surface area contributed by atoms with Gasteiger partial charge in [-0.1, -0.05) is 36.0 Å². The fourth-order valence-electron chi connectivity index (χ4n) is 3.20. The number of primary amides is 1. The van der Waals surface area contributed by atoms with Gasteiger partial charge < -0.3 is 16.4 Å². The Morgan fingerprint density at radius 1 is 1.06 bits per heavy atom. The summed E-state index contributed by atoms with van der Waals surface area (Å²) in [4.78, 5) is 35.7. The second kappa shape index (κ2) is 9.37. The van der Waals surface area contributed by atoms with Crippen LogP contribution in [0.5, 0.6) is 0 Å². The highest BCUT2D eigenvalue weighted by atomic mass is 32.2. The van der Waals surface area contributed by atoms with Crippen LogP contribution in [0.3, 0.4) is 0 Å². The summed E-state index contributed by atoms with van der Waals surface area (Å²) in [6.07, 6.45) is 1.57. The van der Waals surface area contributed by atoms with Crippen molar-refractivity contribution >= 4 is 50.9 Å². The molecule has 0 aliphatic rings. The molecule has 7 nitrogen and oxygen atoms in total. The Labute approximate surface area is 193 Å². The van der Waals surface area contributed by atoms with E-state index in [1.807, 2.05) is 36.4 Å². The molecule has 9 heteroatoms. The molecule has 0 radical (unpaired) electrons. The van der Waals surface area contributed by atoms with Crippen LogP contribution < -0.4 is 16.4 Å². The summed E-state index contributed by atoms with van der Waals surface area (Å²) in [6.45, 7) is 4.51. The van der Waals surface area contributed by atoms with Crippen LogP contribution in [0.15, 0.2) is 64.8 Å². The zero-order valence-corrected chi connectivity index (χ0v) is 19.1. The van der Waals surface area contributed by atoms with E-state index in [9.17, 15) is 9.59 Å². The zero-order chi connectivity index (χ0) is 22.7. The number of thiophene rings is 1. The van der Waals surface area contributed by atoms with Crippen LogP contribution in [-0.4, -0.2) is 21.9 Å². The number of nitrogens with two attached hydrogens (primary N) is 1. The maximum Gasteiger partial charge on any atom is 0.316 e. The number of nitrogens with one attached hydrogen (secondary N) is 2. The average Bonchev–Trinajstić information content (AvgIpc) is 3.07. The number of nitrogens with zero attached hydrogens (tertiary/aromatic N) is 2. The highest BCUT2D eigenvalue weighted by Crippen LogP contribution is 2.38. The Bertz CT molecular complexity index is 1300. The maximum atomic E-state index is 12.9. The van der Waals surface area contributed by atoms with Crippen molar-refractivity contribution in [1.29, 1.82) is 0 Å². The molecule has 4 rings (SSSR count). The van der Waals surface area contributed by atoms with Crippen LogP contribution >= 0.6 is 23.1 Å². The minimum absolute atomic E-state index is 0.170. The number of carbonyl (C=O) groups excluding carboxylic acids is 2. The quantitative estimate of drug-likeness (QED) is 0.353. The van der Waals surface area contributed by atoms with Gasteiger partial charge in [0.15, 0.2) is 0 Å². The first-order valence-corrected chi connectivity index (χ1v) is 11.5. The molecule has 32 heavy (non-hydrogen) atoms. The van der Waals surface area contributed by atoms with Gasteiger partial charge in [0.1, 0.15) is 16.2 Å². The van der Waals surface area contributed by atoms with Gasteiger partial charge in [0.05, 0.1) is 5.56 Å². The standard InChI is InChI=1S/C23H21N5O2S2/c1-13-14(2)31-21-19(13)22(27-12-26-21)32-18-6-4-3-5-17(18)20(29)25-11-15-7-9-16(10-8-15)28-23(24)30/h3-10,12H,11H2,1-2H3,(H,25,29)(H3,24,28,30). The Kier molecular flexibility index (Phi) is 6.38. The molecule has 162 valence electrons. The number of aromatic nitrogens is 2.